The zero-order valence-corrected chi connectivity index (χ0v) is 9.80. The Bertz CT molecular complexity index is 317. The molecule has 0 saturated carbocycles. The van der Waals surface area contributed by atoms with Gasteiger partial charge in [0.15, 0.2) is 0 Å². The first-order valence-corrected chi connectivity index (χ1v) is 6.18. The molecular weight excluding hydrogens is 204 g/mol. The van der Waals surface area contributed by atoms with Crippen molar-refractivity contribution < 1.29 is 4.79 Å². The molecule has 0 N–H and O–H groups in total. The third kappa shape index (κ3) is 5.43. The second-order valence-corrected chi connectivity index (χ2v) is 4.45. The smallest absolute Gasteiger partial charge is 0.211 e. The van der Waals surface area contributed by atoms with Gasteiger partial charge in [-0.15, -0.1) is 0 Å². The van der Waals surface area contributed by atoms with E-state index in [1.807, 2.05) is 31.2 Å². The lowest BCUT2D eigenvalue weighted by molar-refractivity contribution is -0.107. The van der Waals surface area contributed by atoms with Crippen LogP contribution in [0.15, 0.2) is 42.5 Å². The number of thioether (sulfide) groups is 1. The molecular formula is C13H16OS. The van der Waals surface area contributed by atoms with Gasteiger partial charge in [0.2, 0.25) is 5.12 Å². The van der Waals surface area contributed by atoms with Crippen LogP contribution in [-0.4, -0.2) is 10.9 Å². The summed E-state index contributed by atoms with van der Waals surface area (Å²) >= 11 is 1.35. The van der Waals surface area contributed by atoms with Crippen LogP contribution in [0.1, 0.15) is 18.9 Å². The number of allylic oxidation sites excluding steroid dienone is 1. The van der Waals surface area contributed by atoms with Crippen molar-refractivity contribution in [3.63, 3.8) is 0 Å². The fourth-order valence-corrected chi connectivity index (χ4v) is 1.74. The average Bonchev–Trinajstić information content (AvgIpc) is 2.26. The van der Waals surface area contributed by atoms with Gasteiger partial charge in [-0.25, -0.2) is 0 Å². The van der Waals surface area contributed by atoms with Gasteiger partial charge in [-0.05, 0) is 30.2 Å². The van der Waals surface area contributed by atoms with Gasteiger partial charge in [0.1, 0.15) is 0 Å². The molecule has 0 saturated heterocycles. The minimum absolute atomic E-state index is 0.158. The zero-order chi connectivity index (χ0) is 10.9. The molecule has 0 bridgehead atoms. The lowest BCUT2D eigenvalue weighted by Gasteiger charge is -1.96. The van der Waals surface area contributed by atoms with Crippen molar-refractivity contribution in [3.05, 3.63) is 48.0 Å². The summed E-state index contributed by atoms with van der Waals surface area (Å²) in [6, 6.07) is 10.3. The van der Waals surface area contributed by atoms with Gasteiger partial charge in [-0.3, -0.25) is 4.79 Å². The number of hydrogen-bond acceptors (Lipinski definition) is 2. The number of aryl methyl sites for hydroxylation is 1. The molecule has 1 nitrogen and oxygen atoms in total. The van der Waals surface area contributed by atoms with E-state index in [2.05, 4.69) is 12.1 Å². The molecule has 0 aromatic heterocycles. The predicted molar refractivity (Wildman–Crippen MR) is 67.0 cm³/mol. The van der Waals surface area contributed by atoms with Crippen LogP contribution in [0.2, 0.25) is 0 Å². The van der Waals surface area contributed by atoms with Crippen LogP contribution in [-0.2, 0) is 11.2 Å². The summed E-state index contributed by atoms with van der Waals surface area (Å²) < 4.78 is 0. The largest absolute Gasteiger partial charge is 0.282 e. The molecule has 80 valence electrons. The van der Waals surface area contributed by atoms with Gasteiger partial charge < -0.3 is 0 Å². The maximum absolute atomic E-state index is 11.1. The van der Waals surface area contributed by atoms with E-state index >= 15 is 0 Å². The third-order valence-corrected chi connectivity index (χ3v) is 2.69. The van der Waals surface area contributed by atoms with Crippen molar-refractivity contribution in [2.75, 3.05) is 5.75 Å². The lowest BCUT2D eigenvalue weighted by Crippen LogP contribution is -1.86. The zero-order valence-electron chi connectivity index (χ0n) is 8.98. The summed E-state index contributed by atoms with van der Waals surface area (Å²) in [5, 5.41) is 0.158. The molecule has 15 heavy (non-hydrogen) atoms. The molecule has 0 aliphatic carbocycles. The molecule has 0 atom stereocenters. The number of carbonyl (C=O) groups excluding carboxylic acids is 1. The van der Waals surface area contributed by atoms with Crippen LogP contribution in [0.3, 0.4) is 0 Å². The van der Waals surface area contributed by atoms with Crippen molar-refractivity contribution in [2.24, 2.45) is 0 Å². The van der Waals surface area contributed by atoms with Gasteiger partial charge in [-0.2, -0.15) is 0 Å². The van der Waals surface area contributed by atoms with Crippen molar-refractivity contribution in [1.82, 2.24) is 0 Å². The number of hydrogen-bond donors (Lipinski definition) is 0. The highest BCUT2D eigenvalue weighted by Crippen LogP contribution is 2.05. The third-order valence-electron chi connectivity index (χ3n) is 1.98. The molecule has 2 heteroatoms. The quantitative estimate of drug-likeness (QED) is 0.707. The van der Waals surface area contributed by atoms with Crippen LogP contribution in [0.25, 0.3) is 0 Å². The van der Waals surface area contributed by atoms with E-state index in [1.165, 1.54) is 17.3 Å². The molecule has 0 spiro atoms. The fourth-order valence-electron chi connectivity index (χ4n) is 1.26. The van der Waals surface area contributed by atoms with Crippen LogP contribution in [0.5, 0.6) is 0 Å². The van der Waals surface area contributed by atoms with Gasteiger partial charge in [-0.1, -0.05) is 55.1 Å². The number of carbonyl (C=O) groups is 1. The average molecular weight is 220 g/mol. The lowest BCUT2D eigenvalue weighted by atomic mass is 10.1. The normalized spacial score (nSPS) is 10.7. The highest BCUT2D eigenvalue weighted by Gasteiger charge is 1.93. The van der Waals surface area contributed by atoms with Crippen molar-refractivity contribution in [2.45, 2.75) is 19.8 Å². The Kier molecular flexibility index (Phi) is 5.86. The van der Waals surface area contributed by atoms with E-state index in [9.17, 15) is 4.79 Å². The summed E-state index contributed by atoms with van der Waals surface area (Å²) in [5.74, 6) is 0.849. The standard InChI is InChI=1S/C13H16OS/c1-2-15-13(14)11-7-6-10-12-8-4-3-5-9-12/h3-5,7-9,11H,2,6,10H2,1H3/b11-7+. The number of benzene rings is 1. The molecule has 0 amide bonds. The van der Waals surface area contributed by atoms with Crippen molar-refractivity contribution in [1.29, 1.82) is 0 Å². The van der Waals surface area contributed by atoms with Gasteiger partial charge in [0.05, 0.1) is 0 Å². The molecule has 0 heterocycles. The van der Waals surface area contributed by atoms with Crippen molar-refractivity contribution in [3.8, 4) is 0 Å². The first-order valence-electron chi connectivity index (χ1n) is 5.20. The summed E-state index contributed by atoms with van der Waals surface area (Å²) in [5.41, 5.74) is 1.32. The Morgan fingerprint density at radius 2 is 2.07 bits per heavy atom. The van der Waals surface area contributed by atoms with E-state index in [1.54, 1.807) is 6.08 Å². The van der Waals surface area contributed by atoms with Gasteiger partial charge >= 0.3 is 0 Å². The van der Waals surface area contributed by atoms with Crippen LogP contribution in [0, 0.1) is 0 Å². The molecule has 0 unspecified atom stereocenters. The van der Waals surface area contributed by atoms with Crippen LogP contribution in [0.4, 0.5) is 0 Å². The SMILES string of the molecule is CCSC(=O)/C=C/CCc1ccccc1. The second kappa shape index (κ2) is 7.30. The molecule has 1 rings (SSSR count). The maximum atomic E-state index is 11.1. The minimum Gasteiger partial charge on any atom is -0.282 e. The maximum Gasteiger partial charge on any atom is 0.211 e. The Balaban J connectivity index is 2.24. The van der Waals surface area contributed by atoms with E-state index in [4.69, 9.17) is 0 Å². The van der Waals surface area contributed by atoms with Crippen LogP contribution >= 0.6 is 11.8 Å². The summed E-state index contributed by atoms with van der Waals surface area (Å²) in [4.78, 5) is 11.1. The summed E-state index contributed by atoms with van der Waals surface area (Å²) in [6.07, 6.45) is 5.57. The monoisotopic (exact) mass is 220 g/mol. The predicted octanol–water partition coefficient (Wildman–Crippen LogP) is 3.46. The highest BCUT2D eigenvalue weighted by atomic mass is 32.2. The molecule has 0 radical (unpaired) electrons. The molecule has 0 aliphatic heterocycles. The Labute approximate surface area is 95.6 Å². The summed E-state index contributed by atoms with van der Waals surface area (Å²) in [6.45, 7) is 1.99. The van der Waals surface area contributed by atoms with Crippen LogP contribution < -0.4 is 0 Å². The first-order chi connectivity index (χ1) is 7.33. The number of rotatable bonds is 5. The molecule has 1 aromatic carbocycles. The first kappa shape index (κ1) is 12.1. The molecule has 0 fully saturated rings. The van der Waals surface area contributed by atoms with Gasteiger partial charge in [0, 0.05) is 0 Å². The van der Waals surface area contributed by atoms with E-state index in [0.29, 0.717) is 0 Å². The topological polar surface area (TPSA) is 17.1 Å². The van der Waals surface area contributed by atoms with E-state index in [0.717, 1.165) is 18.6 Å². The summed E-state index contributed by atoms with van der Waals surface area (Å²) in [7, 11) is 0. The minimum atomic E-state index is 0.158. The molecule has 1 aromatic rings. The van der Waals surface area contributed by atoms with Gasteiger partial charge in [0.25, 0.3) is 0 Å². The van der Waals surface area contributed by atoms with E-state index in [-0.39, 0.29) is 5.12 Å². The Morgan fingerprint density at radius 3 is 2.73 bits per heavy atom. The Hall–Kier alpha value is -1.02. The van der Waals surface area contributed by atoms with E-state index < -0.39 is 0 Å². The fraction of sp³-hybridized carbons (Fsp3) is 0.308. The second-order valence-electron chi connectivity index (χ2n) is 3.18. The molecule has 0 aliphatic rings. The highest BCUT2D eigenvalue weighted by molar-refractivity contribution is 8.14. The van der Waals surface area contributed by atoms with Crippen molar-refractivity contribution >= 4 is 16.9 Å². The Morgan fingerprint density at radius 1 is 1.33 bits per heavy atom.